The third kappa shape index (κ3) is 2.38. The van der Waals surface area contributed by atoms with E-state index in [1.807, 2.05) is 0 Å². The number of carboxylic acid groups (broad SMARTS) is 1. The van der Waals surface area contributed by atoms with Gasteiger partial charge in [0.1, 0.15) is 0 Å². The summed E-state index contributed by atoms with van der Waals surface area (Å²) < 4.78 is 36.6. The number of carboxylic acids is 1. The maximum absolute atomic E-state index is 12.2. The van der Waals surface area contributed by atoms with Gasteiger partial charge in [-0.25, -0.2) is 0 Å². The van der Waals surface area contributed by atoms with E-state index in [1.54, 1.807) is 6.92 Å². The molecule has 2 saturated heterocycles. The van der Waals surface area contributed by atoms with Gasteiger partial charge in [0.25, 0.3) is 0 Å². The number of aliphatic carboxylic acids is 1. The molecule has 7 heteroatoms. The quantitative estimate of drug-likeness (QED) is 0.866. The first-order chi connectivity index (χ1) is 9.21. The number of amides is 1. The summed E-state index contributed by atoms with van der Waals surface area (Å²) in [4.78, 5) is 24.9. The lowest BCUT2D eigenvalue weighted by Crippen LogP contribution is -2.44. The standard InChI is InChI=1S/C13H18F3NO3/c1-2-12(11(19)20)7-8-3-4-9(12)17(8)10(18)5-6-13(14,15)16/h8-9H,2-7H2,1H3,(H,19,20)/t8-,9+,12+/m0/s1. The minimum atomic E-state index is -4.36. The predicted octanol–water partition coefficient (Wildman–Crippen LogP) is 2.57. The molecule has 0 saturated carbocycles. The Morgan fingerprint density at radius 3 is 2.45 bits per heavy atom. The molecule has 3 atom stereocenters. The molecule has 1 amide bonds. The zero-order valence-corrected chi connectivity index (χ0v) is 11.2. The Hall–Kier alpha value is -1.27. The molecule has 0 aliphatic carbocycles. The maximum Gasteiger partial charge on any atom is 0.389 e. The van der Waals surface area contributed by atoms with Crippen LogP contribution in [0.5, 0.6) is 0 Å². The summed E-state index contributed by atoms with van der Waals surface area (Å²) in [7, 11) is 0. The molecular weight excluding hydrogens is 275 g/mol. The average molecular weight is 293 g/mol. The van der Waals surface area contributed by atoms with Crippen LogP contribution < -0.4 is 0 Å². The smallest absolute Gasteiger partial charge is 0.389 e. The van der Waals surface area contributed by atoms with Gasteiger partial charge in [-0.1, -0.05) is 6.92 Å². The first-order valence-corrected chi connectivity index (χ1v) is 6.82. The molecule has 2 heterocycles. The number of rotatable bonds is 4. The van der Waals surface area contributed by atoms with Crippen molar-refractivity contribution >= 4 is 11.9 Å². The second-order valence-electron chi connectivity index (χ2n) is 5.68. The number of hydrogen-bond acceptors (Lipinski definition) is 2. The van der Waals surface area contributed by atoms with Crippen LogP contribution in [0.3, 0.4) is 0 Å². The highest BCUT2D eigenvalue weighted by atomic mass is 19.4. The van der Waals surface area contributed by atoms with Crippen LogP contribution in [0.1, 0.15) is 45.4 Å². The van der Waals surface area contributed by atoms with Gasteiger partial charge in [0.15, 0.2) is 0 Å². The van der Waals surface area contributed by atoms with Crippen LogP contribution in [-0.2, 0) is 9.59 Å². The summed E-state index contributed by atoms with van der Waals surface area (Å²) in [5, 5.41) is 9.43. The van der Waals surface area contributed by atoms with Gasteiger partial charge in [0, 0.05) is 18.5 Å². The van der Waals surface area contributed by atoms with E-state index >= 15 is 0 Å². The van der Waals surface area contributed by atoms with Crippen molar-refractivity contribution in [1.82, 2.24) is 4.90 Å². The SMILES string of the molecule is CC[C@@]1(C(=O)O)C[C@@H]2CC[C@H]1N2C(=O)CCC(F)(F)F. The van der Waals surface area contributed by atoms with Crippen LogP contribution in [0.2, 0.25) is 0 Å². The Morgan fingerprint density at radius 2 is 2.00 bits per heavy atom. The third-order valence-electron chi connectivity index (χ3n) is 4.71. The van der Waals surface area contributed by atoms with Crippen molar-refractivity contribution in [2.24, 2.45) is 5.41 Å². The van der Waals surface area contributed by atoms with Crippen LogP contribution in [-0.4, -0.2) is 40.1 Å². The molecule has 0 aromatic carbocycles. The zero-order valence-electron chi connectivity index (χ0n) is 11.2. The third-order valence-corrected chi connectivity index (χ3v) is 4.71. The molecule has 0 unspecified atom stereocenters. The minimum absolute atomic E-state index is 0.211. The Morgan fingerprint density at radius 1 is 1.35 bits per heavy atom. The Kier molecular flexibility index (Phi) is 3.73. The lowest BCUT2D eigenvalue weighted by Gasteiger charge is -2.32. The van der Waals surface area contributed by atoms with E-state index in [2.05, 4.69) is 0 Å². The molecule has 0 spiro atoms. The van der Waals surface area contributed by atoms with Crippen LogP contribution >= 0.6 is 0 Å². The minimum Gasteiger partial charge on any atom is -0.481 e. The first kappa shape index (κ1) is 15.1. The normalized spacial score (nSPS) is 32.7. The fourth-order valence-corrected chi connectivity index (χ4v) is 3.70. The van der Waals surface area contributed by atoms with Gasteiger partial charge >= 0.3 is 12.1 Å². The van der Waals surface area contributed by atoms with Crippen LogP contribution in [0.15, 0.2) is 0 Å². The number of alkyl halides is 3. The van der Waals surface area contributed by atoms with Crippen molar-refractivity contribution in [3.8, 4) is 0 Å². The van der Waals surface area contributed by atoms with E-state index in [1.165, 1.54) is 4.90 Å². The molecule has 2 bridgehead atoms. The van der Waals surface area contributed by atoms with E-state index < -0.39 is 42.4 Å². The van der Waals surface area contributed by atoms with E-state index in [-0.39, 0.29) is 6.04 Å². The summed E-state index contributed by atoms with van der Waals surface area (Å²) in [6.07, 6.45) is -4.07. The molecule has 0 aromatic rings. The Labute approximate surface area is 114 Å². The molecule has 0 radical (unpaired) electrons. The average Bonchev–Trinajstić information content (AvgIpc) is 2.90. The predicted molar refractivity (Wildman–Crippen MR) is 63.9 cm³/mol. The van der Waals surface area contributed by atoms with Crippen LogP contribution in [0.25, 0.3) is 0 Å². The summed E-state index contributed by atoms with van der Waals surface area (Å²) in [6, 6.07) is -0.660. The van der Waals surface area contributed by atoms with Crippen molar-refractivity contribution in [3.63, 3.8) is 0 Å². The first-order valence-electron chi connectivity index (χ1n) is 6.82. The van der Waals surface area contributed by atoms with Crippen LogP contribution in [0.4, 0.5) is 13.2 Å². The molecule has 2 fully saturated rings. The fourth-order valence-electron chi connectivity index (χ4n) is 3.70. The molecule has 1 N–H and O–H groups in total. The van der Waals surface area contributed by atoms with Gasteiger partial charge in [-0.3, -0.25) is 9.59 Å². The topological polar surface area (TPSA) is 57.6 Å². The number of carbonyl (C=O) groups is 2. The molecule has 2 rings (SSSR count). The highest BCUT2D eigenvalue weighted by Crippen LogP contribution is 2.52. The van der Waals surface area contributed by atoms with E-state index in [0.717, 1.165) is 0 Å². The molecular formula is C13H18F3NO3. The van der Waals surface area contributed by atoms with Crippen molar-refractivity contribution in [2.75, 3.05) is 0 Å². The summed E-state index contributed by atoms with van der Waals surface area (Å²) >= 11 is 0. The highest BCUT2D eigenvalue weighted by molar-refractivity contribution is 5.82. The van der Waals surface area contributed by atoms with Gasteiger partial charge in [-0.2, -0.15) is 13.2 Å². The Balaban J connectivity index is 2.11. The molecule has 4 nitrogen and oxygen atoms in total. The summed E-state index contributed by atoms with van der Waals surface area (Å²) in [6.45, 7) is 1.76. The molecule has 2 aliphatic heterocycles. The number of halogens is 3. The van der Waals surface area contributed by atoms with Crippen molar-refractivity contribution < 1.29 is 27.9 Å². The number of fused-ring (bicyclic) bond motifs is 2. The summed E-state index contributed by atoms with van der Waals surface area (Å²) in [5.41, 5.74) is -0.975. The van der Waals surface area contributed by atoms with Crippen molar-refractivity contribution in [1.29, 1.82) is 0 Å². The molecule has 114 valence electrons. The molecule has 20 heavy (non-hydrogen) atoms. The van der Waals surface area contributed by atoms with Gasteiger partial charge < -0.3 is 10.0 Å². The van der Waals surface area contributed by atoms with E-state index in [9.17, 15) is 27.9 Å². The highest BCUT2D eigenvalue weighted by Gasteiger charge is 2.60. The van der Waals surface area contributed by atoms with Crippen LogP contribution in [0, 0.1) is 5.41 Å². The second-order valence-corrected chi connectivity index (χ2v) is 5.68. The second kappa shape index (κ2) is 4.93. The zero-order chi connectivity index (χ0) is 15.1. The molecule has 2 aliphatic rings. The molecule has 0 aromatic heterocycles. The number of carbonyl (C=O) groups excluding carboxylic acids is 1. The van der Waals surface area contributed by atoms with Crippen molar-refractivity contribution in [2.45, 2.75) is 63.7 Å². The van der Waals surface area contributed by atoms with Crippen molar-refractivity contribution in [3.05, 3.63) is 0 Å². The number of nitrogens with zero attached hydrogens (tertiary/aromatic N) is 1. The fraction of sp³-hybridized carbons (Fsp3) is 0.846. The lowest BCUT2D eigenvalue weighted by molar-refractivity contribution is -0.154. The van der Waals surface area contributed by atoms with Gasteiger partial charge in [-0.15, -0.1) is 0 Å². The summed E-state index contributed by atoms with van der Waals surface area (Å²) in [5.74, 6) is -1.51. The maximum atomic E-state index is 12.2. The largest absolute Gasteiger partial charge is 0.481 e. The number of hydrogen-bond donors (Lipinski definition) is 1. The van der Waals surface area contributed by atoms with Gasteiger partial charge in [0.05, 0.1) is 11.8 Å². The van der Waals surface area contributed by atoms with E-state index in [0.29, 0.717) is 25.7 Å². The lowest BCUT2D eigenvalue weighted by atomic mass is 9.72. The van der Waals surface area contributed by atoms with Gasteiger partial charge in [0.2, 0.25) is 5.91 Å². The Bertz CT molecular complexity index is 424. The monoisotopic (exact) mass is 293 g/mol. The van der Waals surface area contributed by atoms with Gasteiger partial charge in [-0.05, 0) is 25.7 Å². The van der Waals surface area contributed by atoms with E-state index in [4.69, 9.17) is 0 Å².